The summed E-state index contributed by atoms with van der Waals surface area (Å²) in [5.41, 5.74) is -1.87. The largest absolute Gasteiger partial charge is 0.465 e. The molecule has 0 bridgehead atoms. The highest BCUT2D eigenvalue weighted by Crippen LogP contribution is 2.33. The van der Waals surface area contributed by atoms with Gasteiger partial charge in [-0.3, -0.25) is 10.1 Å². The molecule has 1 amide bonds. The number of hydrogen-bond acceptors (Lipinski definition) is 5. The SMILES string of the molecule is Cn1ncc([N+](=O)[O-])c1N1CCC(NC(=O)O)CC(C)(F)C1. The van der Waals surface area contributed by atoms with Gasteiger partial charge in [0.05, 0.1) is 11.5 Å². The summed E-state index contributed by atoms with van der Waals surface area (Å²) < 4.78 is 16.0. The van der Waals surface area contributed by atoms with Gasteiger partial charge >= 0.3 is 11.8 Å². The number of halogens is 1. The predicted octanol–water partition coefficient (Wildman–Crippen LogP) is 1.29. The molecule has 2 N–H and O–H groups in total. The number of alkyl halides is 1. The van der Waals surface area contributed by atoms with Crippen molar-refractivity contribution in [2.45, 2.75) is 31.5 Å². The fourth-order valence-corrected chi connectivity index (χ4v) is 2.86. The number of nitrogens with one attached hydrogen (secondary N) is 1. The standard InChI is InChI=1S/C12H18FN5O4/c1-12(13)5-8(15-11(19)20)3-4-17(7-12)10-9(18(21)22)6-14-16(10)2/h6,8,15H,3-5,7H2,1-2H3,(H,19,20). The van der Waals surface area contributed by atoms with Gasteiger partial charge in [-0.1, -0.05) is 0 Å². The van der Waals surface area contributed by atoms with E-state index in [2.05, 4.69) is 10.4 Å². The van der Waals surface area contributed by atoms with Crippen LogP contribution in [0.3, 0.4) is 0 Å². The van der Waals surface area contributed by atoms with E-state index in [4.69, 9.17) is 5.11 Å². The third-order valence-corrected chi connectivity index (χ3v) is 3.65. The molecule has 0 spiro atoms. The van der Waals surface area contributed by atoms with Crippen LogP contribution >= 0.6 is 0 Å². The lowest BCUT2D eigenvalue weighted by Gasteiger charge is -2.27. The van der Waals surface area contributed by atoms with E-state index in [1.807, 2.05) is 0 Å². The molecule has 1 aliphatic rings. The van der Waals surface area contributed by atoms with E-state index in [1.165, 1.54) is 11.6 Å². The molecule has 122 valence electrons. The van der Waals surface area contributed by atoms with Crippen LogP contribution in [0.4, 0.5) is 20.7 Å². The van der Waals surface area contributed by atoms with Crippen LogP contribution in [0.1, 0.15) is 19.8 Å². The molecule has 0 aromatic carbocycles. The lowest BCUT2D eigenvalue weighted by Crippen LogP contribution is -2.40. The molecule has 10 heteroatoms. The Morgan fingerprint density at radius 3 is 2.95 bits per heavy atom. The van der Waals surface area contributed by atoms with Crippen LogP contribution in [-0.4, -0.2) is 50.7 Å². The quantitative estimate of drug-likeness (QED) is 0.642. The average Bonchev–Trinajstić information content (AvgIpc) is 2.68. The third kappa shape index (κ3) is 3.43. The molecule has 1 fully saturated rings. The minimum Gasteiger partial charge on any atom is -0.465 e. The molecule has 2 rings (SSSR count). The van der Waals surface area contributed by atoms with Gasteiger partial charge in [0.15, 0.2) is 0 Å². The Labute approximate surface area is 125 Å². The van der Waals surface area contributed by atoms with Gasteiger partial charge < -0.3 is 15.3 Å². The second kappa shape index (κ2) is 5.78. The van der Waals surface area contributed by atoms with Gasteiger partial charge in [-0.2, -0.15) is 5.10 Å². The van der Waals surface area contributed by atoms with E-state index in [0.29, 0.717) is 13.0 Å². The lowest BCUT2D eigenvalue weighted by molar-refractivity contribution is -0.384. The van der Waals surface area contributed by atoms with Crippen molar-refractivity contribution >= 4 is 17.6 Å². The van der Waals surface area contributed by atoms with Crippen LogP contribution in [0.25, 0.3) is 0 Å². The number of nitrogens with zero attached hydrogens (tertiary/aromatic N) is 4. The molecule has 1 saturated heterocycles. The zero-order valence-corrected chi connectivity index (χ0v) is 12.3. The number of rotatable bonds is 3. The average molecular weight is 315 g/mol. The Kier molecular flexibility index (Phi) is 4.20. The van der Waals surface area contributed by atoms with E-state index >= 15 is 0 Å². The fraction of sp³-hybridized carbons (Fsp3) is 0.667. The van der Waals surface area contributed by atoms with Gasteiger partial charge in [-0.25, -0.2) is 13.9 Å². The van der Waals surface area contributed by atoms with E-state index in [-0.39, 0.29) is 24.5 Å². The molecular formula is C12H18FN5O4. The zero-order valence-electron chi connectivity index (χ0n) is 12.3. The van der Waals surface area contributed by atoms with E-state index in [1.54, 1.807) is 11.9 Å². The van der Waals surface area contributed by atoms with E-state index < -0.39 is 22.7 Å². The first-order valence-corrected chi connectivity index (χ1v) is 6.79. The molecule has 2 atom stereocenters. The van der Waals surface area contributed by atoms with Crippen LogP contribution in [-0.2, 0) is 7.05 Å². The summed E-state index contributed by atoms with van der Waals surface area (Å²) in [4.78, 5) is 22.8. The monoisotopic (exact) mass is 315 g/mol. The number of nitro groups is 1. The maximum atomic E-state index is 14.7. The zero-order chi connectivity index (χ0) is 16.5. The topological polar surface area (TPSA) is 114 Å². The second-order valence-electron chi connectivity index (χ2n) is 5.71. The molecule has 22 heavy (non-hydrogen) atoms. The highest BCUT2D eigenvalue weighted by molar-refractivity contribution is 5.65. The molecule has 2 unspecified atom stereocenters. The number of anilines is 1. The van der Waals surface area contributed by atoms with Crippen molar-refractivity contribution in [3.63, 3.8) is 0 Å². The van der Waals surface area contributed by atoms with Crippen LogP contribution < -0.4 is 10.2 Å². The summed E-state index contributed by atoms with van der Waals surface area (Å²) in [6.45, 7) is 1.60. The van der Waals surface area contributed by atoms with Crippen LogP contribution in [0.2, 0.25) is 0 Å². The number of aryl methyl sites for hydroxylation is 1. The van der Waals surface area contributed by atoms with Gasteiger partial charge in [-0.15, -0.1) is 0 Å². The first-order valence-electron chi connectivity index (χ1n) is 6.79. The maximum absolute atomic E-state index is 14.7. The van der Waals surface area contributed by atoms with Gasteiger partial charge in [0.1, 0.15) is 11.9 Å². The minimum absolute atomic E-state index is 0.0153. The summed E-state index contributed by atoms with van der Waals surface area (Å²) in [5, 5.41) is 26.0. The first kappa shape index (κ1) is 16.0. The Hall–Kier alpha value is -2.39. The van der Waals surface area contributed by atoms with Gasteiger partial charge in [0.25, 0.3) is 0 Å². The van der Waals surface area contributed by atoms with Crippen molar-refractivity contribution < 1.29 is 19.2 Å². The predicted molar refractivity (Wildman–Crippen MR) is 75.8 cm³/mol. The Morgan fingerprint density at radius 1 is 1.68 bits per heavy atom. The molecule has 0 saturated carbocycles. The van der Waals surface area contributed by atoms with E-state index in [9.17, 15) is 19.3 Å². The summed E-state index contributed by atoms with van der Waals surface area (Å²) >= 11 is 0. The van der Waals surface area contributed by atoms with Crippen molar-refractivity contribution in [3.8, 4) is 0 Å². The maximum Gasteiger partial charge on any atom is 0.404 e. The van der Waals surface area contributed by atoms with Gasteiger partial charge in [-0.05, 0) is 13.3 Å². The van der Waals surface area contributed by atoms with Crippen molar-refractivity contribution in [2.24, 2.45) is 7.05 Å². The summed E-state index contributed by atoms with van der Waals surface area (Å²) in [6, 6.07) is -0.537. The van der Waals surface area contributed by atoms with E-state index in [0.717, 1.165) is 6.20 Å². The number of carbonyl (C=O) groups is 1. The lowest BCUT2D eigenvalue weighted by atomic mass is 9.99. The van der Waals surface area contributed by atoms with Crippen LogP contribution in [0.15, 0.2) is 6.20 Å². The molecule has 1 aromatic rings. The summed E-state index contributed by atoms with van der Waals surface area (Å²) in [7, 11) is 1.55. The van der Waals surface area contributed by atoms with Gasteiger partial charge in [0, 0.05) is 26.1 Å². The molecule has 0 radical (unpaired) electrons. The Bertz CT molecular complexity index is 588. The molecule has 1 aromatic heterocycles. The number of amides is 1. The van der Waals surface area contributed by atoms with Crippen molar-refractivity contribution in [3.05, 3.63) is 16.3 Å². The summed E-state index contributed by atoms with van der Waals surface area (Å²) in [6.07, 6.45) is 0.291. The highest BCUT2D eigenvalue weighted by Gasteiger charge is 2.37. The van der Waals surface area contributed by atoms with Crippen molar-refractivity contribution in [1.82, 2.24) is 15.1 Å². The van der Waals surface area contributed by atoms with Crippen LogP contribution in [0, 0.1) is 10.1 Å². The summed E-state index contributed by atoms with van der Waals surface area (Å²) in [5.74, 6) is 0.227. The molecule has 2 heterocycles. The molecular weight excluding hydrogens is 297 g/mol. The highest BCUT2D eigenvalue weighted by atomic mass is 19.1. The first-order chi connectivity index (χ1) is 10.2. The third-order valence-electron chi connectivity index (χ3n) is 3.65. The van der Waals surface area contributed by atoms with Crippen LogP contribution in [0.5, 0.6) is 0 Å². The van der Waals surface area contributed by atoms with Gasteiger partial charge in [0.2, 0.25) is 5.82 Å². The second-order valence-corrected chi connectivity index (χ2v) is 5.71. The number of hydrogen-bond donors (Lipinski definition) is 2. The molecule has 1 aliphatic heterocycles. The van der Waals surface area contributed by atoms with Crippen molar-refractivity contribution in [1.29, 1.82) is 0 Å². The smallest absolute Gasteiger partial charge is 0.404 e. The Morgan fingerprint density at radius 2 is 2.36 bits per heavy atom. The fourth-order valence-electron chi connectivity index (χ4n) is 2.86. The van der Waals surface area contributed by atoms with Crippen molar-refractivity contribution in [2.75, 3.05) is 18.0 Å². The number of carboxylic acid groups (broad SMARTS) is 1. The minimum atomic E-state index is -1.68. The molecule has 9 nitrogen and oxygen atoms in total. The number of aromatic nitrogens is 2. The Balaban J connectivity index is 2.28. The molecule has 0 aliphatic carbocycles. The normalized spacial score (nSPS) is 25.6.